The number of aromatic nitrogens is 2. The summed E-state index contributed by atoms with van der Waals surface area (Å²) in [7, 11) is 0. The molecule has 0 amide bonds. The fourth-order valence-corrected chi connectivity index (χ4v) is 3.04. The normalized spacial score (nSPS) is 10.7. The molecule has 0 N–H and O–H groups in total. The molecule has 3 heterocycles. The van der Waals surface area contributed by atoms with E-state index in [0.717, 1.165) is 11.1 Å². The second-order valence-corrected chi connectivity index (χ2v) is 6.04. The Morgan fingerprint density at radius 2 is 2.00 bits per heavy atom. The number of nitriles is 1. The van der Waals surface area contributed by atoms with Crippen LogP contribution in [-0.2, 0) is 11.3 Å². The first kappa shape index (κ1) is 16.6. The average Bonchev–Trinajstić information content (AvgIpc) is 3.26. The third-order valence-electron chi connectivity index (χ3n) is 4.35. The van der Waals surface area contributed by atoms with Crippen LogP contribution in [0, 0.1) is 18.3 Å². The SMILES string of the molecule is Cc1onc(-c2ccccc2)c1C(=O)OCc1cn2ccccc2c1C#N. The molecule has 0 aliphatic rings. The predicted molar refractivity (Wildman–Crippen MR) is 97.9 cm³/mol. The predicted octanol–water partition coefficient (Wildman–Crippen LogP) is 4.13. The molecule has 1 aromatic carbocycles. The summed E-state index contributed by atoms with van der Waals surface area (Å²) >= 11 is 0. The largest absolute Gasteiger partial charge is 0.457 e. The molecule has 0 bridgehead atoms. The van der Waals surface area contributed by atoms with Gasteiger partial charge in [0.25, 0.3) is 0 Å². The van der Waals surface area contributed by atoms with Crippen LogP contribution in [0.2, 0.25) is 0 Å². The van der Waals surface area contributed by atoms with Crippen molar-refractivity contribution in [1.82, 2.24) is 9.56 Å². The second kappa shape index (κ2) is 6.81. The van der Waals surface area contributed by atoms with Crippen molar-refractivity contribution in [3.05, 3.63) is 83.4 Å². The Morgan fingerprint density at radius 1 is 1.22 bits per heavy atom. The molecule has 6 nitrogen and oxygen atoms in total. The molecule has 4 rings (SSSR count). The number of fused-ring (bicyclic) bond motifs is 1. The zero-order chi connectivity index (χ0) is 18.8. The smallest absolute Gasteiger partial charge is 0.344 e. The number of nitrogens with zero attached hydrogens (tertiary/aromatic N) is 3. The highest BCUT2D eigenvalue weighted by atomic mass is 16.5. The molecule has 4 aromatic rings. The van der Waals surface area contributed by atoms with E-state index in [2.05, 4.69) is 11.2 Å². The molecule has 132 valence electrons. The molecule has 27 heavy (non-hydrogen) atoms. The lowest BCUT2D eigenvalue weighted by molar-refractivity contribution is 0.0471. The standard InChI is InChI=1S/C21H15N3O3/c1-14-19(20(23-27-14)15-7-3-2-4-8-15)21(25)26-13-16-12-24-10-6-5-9-18(24)17(16)11-22/h2-10,12H,13H2,1H3. The van der Waals surface area contributed by atoms with Crippen molar-refractivity contribution >= 4 is 11.5 Å². The van der Waals surface area contributed by atoms with E-state index in [1.54, 1.807) is 13.1 Å². The number of esters is 1. The van der Waals surface area contributed by atoms with Gasteiger partial charge in [0.15, 0.2) is 0 Å². The lowest BCUT2D eigenvalue weighted by Crippen LogP contribution is -2.07. The zero-order valence-corrected chi connectivity index (χ0v) is 14.5. The summed E-state index contributed by atoms with van der Waals surface area (Å²) in [5.41, 5.74) is 3.43. The first-order valence-corrected chi connectivity index (χ1v) is 8.36. The summed E-state index contributed by atoms with van der Waals surface area (Å²) in [6.07, 6.45) is 3.64. The summed E-state index contributed by atoms with van der Waals surface area (Å²) in [5, 5.41) is 13.5. The maximum absolute atomic E-state index is 12.7. The van der Waals surface area contributed by atoms with Crippen LogP contribution >= 0.6 is 0 Å². The summed E-state index contributed by atoms with van der Waals surface area (Å²) in [5.74, 6) is -0.145. The Labute approximate surface area is 155 Å². The summed E-state index contributed by atoms with van der Waals surface area (Å²) in [4.78, 5) is 12.7. The van der Waals surface area contributed by atoms with Gasteiger partial charge in [-0.05, 0) is 19.1 Å². The van der Waals surface area contributed by atoms with Gasteiger partial charge < -0.3 is 13.7 Å². The molecule has 0 saturated heterocycles. The highest BCUT2D eigenvalue weighted by molar-refractivity contribution is 5.97. The van der Waals surface area contributed by atoms with Crippen molar-refractivity contribution in [2.45, 2.75) is 13.5 Å². The summed E-state index contributed by atoms with van der Waals surface area (Å²) in [6, 6.07) is 17.1. The number of benzene rings is 1. The molecular formula is C21H15N3O3. The van der Waals surface area contributed by atoms with Crippen molar-refractivity contribution in [2.24, 2.45) is 0 Å². The minimum absolute atomic E-state index is 0.0117. The minimum atomic E-state index is -0.535. The number of hydrogen-bond acceptors (Lipinski definition) is 5. The maximum Gasteiger partial charge on any atom is 0.344 e. The molecule has 0 unspecified atom stereocenters. The van der Waals surface area contributed by atoms with Gasteiger partial charge in [0.2, 0.25) is 0 Å². The number of rotatable bonds is 4. The van der Waals surface area contributed by atoms with Gasteiger partial charge in [-0.1, -0.05) is 41.6 Å². The average molecular weight is 357 g/mol. The number of aryl methyl sites for hydroxylation is 1. The number of carbonyl (C=O) groups excluding carboxylic acids is 1. The van der Waals surface area contributed by atoms with Gasteiger partial charge in [0.05, 0.1) is 11.1 Å². The topological polar surface area (TPSA) is 80.5 Å². The molecule has 0 spiro atoms. The van der Waals surface area contributed by atoms with Gasteiger partial charge in [0, 0.05) is 23.5 Å². The highest BCUT2D eigenvalue weighted by Crippen LogP contribution is 2.26. The van der Waals surface area contributed by atoms with Crippen molar-refractivity contribution < 1.29 is 14.1 Å². The minimum Gasteiger partial charge on any atom is -0.457 e. The fourth-order valence-electron chi connectivity index (χ4n) is 3.04. The maximum atomic E-state index is 12.7. The van der Waals surface area contributed by atoms with Crippen molar-refractivity contribution in [3.63, 3.8) is 0 Å². The number of carbonyl (C=O) groups is 1. The van der Waals surface area contributed by atoms with Crippen molar-refractivity contribution in [3.8, 4) is 17.3 Å². The Hall–Kier alpha value is -3.85. The van der Waals surface area contributed by atoms with Gasteiger partial charge in [-0.15, -0.1) is 0 Å². The van der Waals surface area contributed by atoms with Crippen LogP contribution < -0.4 is 0 Å². The molecule has 0 radical (unpaired) electrons. The molecule has 0 atom stereocenters. The van der Waals surface area contributed by atoms with E-state index < -0.39 is 5.97 Å². The fraction of sp³-hybridized carbons (Fsp3) is 0.0952. The quantitative estimate of drug-likeness (QED) is 0.513. The third kappa shape index (κ3) is 2.96. The van der Waals surface area contributed by atoms with Crippen LogP contribution in [0.5, 0.6) is 0 Å². The van der Waals surface area contributed by atoms with Crippen LogP contribution in [0.1, 0.15) is 27.2 Å². The summed E-state index contributed by atoms with van der Waals surface area (Å²) in [6.45, 7) is 1.66. The number of pyridine rings is 1. The number of ether oxygens (including phenoxy) is 1. The van der Waals surface area contributed by atoms with E-state index in [1.165, 1.54) is 0 Å². The van der Waals surface area contributed by atoms with Crippen molar-refractivity contribution in [2.75, 3.05) is 0 Å². The highest BCUT2D eigenvalue weighted by Gasteiger charge is 2.23. The van der Waals surface area contributed by atoms with E-state index in [1.807, 2.05) is 59.1 Å². The molecule has 3 aromatic heterocycles. The van der Waals surface area contributed by atoms with Crippen LogP contribution in [-0.4, -0.2) is 15.5 Å². The second-order valence-electron chi connectivity index (χ2n) is 6.04. The van der Waals surface area contributed by atoms with Gasteiger partial charge in [-0.3, -0.25) is 0 Å². The molecule has 0 aliphatic carbocycles. The van der Waals surface area contributed by atoms with E-state index in [0.29, 0.717) is 28.1 Å². The van der Waals surface area contributed by atoms with Crippen LogP contribution in [0.25, 0.3) is 16.8 Å². The van der Waals surface area contributed by atoms with Crippen LogP contribution in [0.3, 0.4) is 0 Å². The van der Waals surface area contributed by atoms with E-state index in [4.69, 9.17) is 9.26 Å². The summed E-state index contributed by atoms with van der Waals surface area (Å²) < 4.78 is 12.5. The Morgan fingerprint density at radius 3 is 2.78 bits per heavy atom. The van der Waals surface area contributed by atoms with Gasteiger partial charge in [-0.25, -0.2) is 4.79 Å². The molecule has 0 fully saturated rings. The molecular weight excluding hydrogens is 342 g/mol. The van der Waals surface area contributed by atoms with Crippen LogP contribution in [0.4, 0.5) is 0 Å². The van der Waals surface area contributed by atoms with E-state index in [9.17, 15) is 10.1 Å². The van der Waals surface area contributed by atoms with E-state index >= 15 is 0 Å². The van der Waals surface area contributed by atoms with Gasteiger partial charge >= 0.3 is 5.97 Å². The third-order valence-corrected chi connectivity index (χ3v) is 4.35. The van der Waals surface area contributed by atoms with Gasteiger partial charge in [-0.2, -0.15) is 5.26 Å². The molecule has 6 heteroatoms. The first-order chi connectivity index (χ1) is 13.2. The van der Waals surface area contributed by atoms with E-state index in [-0.39, 0.29) is 6.61 Å². The zero-order valence-electron chi connectivity index (χ0n) is 14.5. The van der Waals surface area contributed by atoms with Gasteiger partial charge in [0.1, 0.15) is 29.7 Å². The van der Waals surface area contributed by atoms with Crippen molar-refractivity contribution in [1.29, 1.82) is 5.26 Å². The number of hydrogen-bond donors (Lipinski definition) is 0. The molecule has 0 aliphatic heterocycles. The lowest BCUT2D eigenvalue weighted by Gasteiger charge is -2.05. The Bertz CT molecular complexity index is 1170. The first-order valence-electron chi connectivity index (χ1n) is 8.36. The lowest BCUT2D eigenvalue weighted by atomic mass is 10.1. The monoisotopic (exact) mass is 357 g/mol. The molecule has 0 saturated carbocycles. The Balaban J connectivity index is 1.62. The van der Waals surface area contributed by atoms with Crippen LogP contribution in [0.15, 0.2) is 65.4 Å². The Kier molecular flexibility index (Phi) is 4.19.